The van der Waals surface area contributed by atoms with Crippen LogP contribution in [-0.2, 0) is 35.6 Å². The quantitative estimate of drug-likeness (QED) is 0.485. The topological polar surface area (TPSA) is 130 Å². The Morgan fingerprint density at radius 1 is 0.818 bits per heavy atom. The molecule has 2 saturated heterocycles. The standard InChI is InChI=1S/C29H36F3N3O7S2/c1-28(2,3)42-27(37)35-15-11-20(12-16-35)26(36)34-17-13-21(14-18-34)33-44(40,41)25-19-23(9-10-24(25)29(30,31)32)43(38,39)22-7-5-4-6-8-22/h4-10,19-21,33H,11-18H2,1-3H3. The average Bonchev–Trinajstić information content (AvgIpc) is 2.96. The normalized spacial score (nSPS) is 17.9. The Balaban J connectivity index is 1.42. The zero-order chi connectivity index (χ0) is 32.5. The van der Waals surface area contributed by atoms with Gasteiger partial charge in [-0.05, 0) is 76.8 Å². The monoisotopic (exact) mass is 659 g/mol. The molecule has 242 valence electrons. The second kappa shape index (κ2) is 12.7. The van der Waals surface area contributed by atoms with Gasteiger partial charge in [-0.3, -0.25) is 4.79 Å². The highest BCUT2D eigenvalue weighted by atomic mass is 32.2. The molecule has 0 unspecified atom stereocenters. The number of sulfonamides is 1. The number of amides is 2. The molecule has 2 heterocycles. The van der Waals surface area contributed by atoms with Crippen LogP contribution in [0.3, 0.4) is 0 Å². The Bertz CT molecular complexity index is 1580. The van der Waals surface area contributed by atoms with Gasteiger partial charge >= 0.3 is 12.3 Å². The molecule has 0 aromatic heterocycles. The fraction of sp³-hybridized carbons (Fsp3) is 0.517. The Hall–Kier alpha value is -3.17. The first kappa shape index (κ1) is 33.7. The lowest BCUT2D eigenvalue weighted by atomic mass is 9.94. The second-order valence-corrected chi connectivity index (χ2v) is 15.6. The van der Waals surface area contributed by atoms with E-state index < -0.39 is 59.1 Å². The molecule has 0 spiro atoms. The number of nitrogens with zero attached hydrogens (tertiary/aromatic N) is 2. The van der Waals surface area contributed by atoms with Gasteiger partial charge in [-0.15, -0.1) is 0 Å². The number of likely N-dealkylation sites (tertiary alicyclic amines) is 2. The highest BCUT2D eigenvalue weighted by Crippen LogP contribution is 2.36. The van der Waals surface area contributed by atoms with E-state index in [4.69, 9.17) is 4.74 Å². The minimum Gasteiger partial charge on any atom is -0.444 e. The van der Waals surface area contributed by atoms with Crippen LogP contribution < -0.4 is 4.72 Å². The summed E-state index contributed by atoms with van der Waals surface area (Å²) in [6.07, 6.45) is -4.28. The maximum atomic E-state index is 13.9. The molecule has 0 saturated carbocycles. The molecule has 0 aliphatic carbocycles. The van der Waals surface area contributed by atoms with Crippen molar-refractivity contribution in [3.05, 3.63) is 54.1 Å². The summed E-state index contributed by atoms with van der Waals surface area (Å²) in [5, 5.41) is 0. The van der Waals surface area contributed by atoms with Crippen LogP contribution >= 0.6 is 0 Å². The third-order valence-electron chi connectivity index (χ3n) is 7.54. The van der Waals surface area contributed by atoms with E-state index >= 15 is 0 Å². The first-order valence-electron chi connectivity index (χ1n) is 14.2. The van der Waals surface area contributed by atoms with Gasteiger partial charge in [0.1, 0.15) is 5.60 Å². The zero-order valence-corrected chi connectivity index (χ0v) is 26.3. The number of nitrogens with one attached hydrogen (secondary N) is 1. The molecule has 0 atom stereocenters. The first-order chi connectivity index (χ1) is 20.4. The van der Waals surface area contributed by atoms with Crippen molar-refractivity contribution in [1.29, 1.82) is 0 Å². The number of ether oxygens (including phenoxy) is 1. The van der Waals surface area contributed by atoms with Crippen molar-refractivity contribution in [3.63, 3.8) is 0 Å². The number of alkyl halides is 3. The molecular formula is C29H36F3N3O7S2. The average molecular weight is 660 g/mol. The first-order valence-corrected chi connectivity index (χ1v) is 17.2. The lowest BCUT2D eigenvalue weighted by Crippen LogP contribution is -2.50. The lowest BCUT2D eigenvalue weighted by molar-refractivity contribution is -0.140. The SMILES string of the molecule is CC(C)(C)OC(=O)N1CCC(C(=O)N2CCC(NS(=O)(=O)c3cc(S(=O)(=O)c4ccccc4)ccc3C(F)(F)F)CC2)CC1. The summed E-state index contributed by atoms with van der Waals surface area (Å²) in [5.74, 6) is -0.432. The highest BCUT2D eigenvalue weighted by Gasteiger charge is 2.40. The molecule has 2 aromatic carbocycles. The third kappa shape index (κ3) is 7.91. The van der Waals surface area contributed by atoms with E-state index in [1.54, 1.807) is 36.6 Å². The number of piperidine rings is 2. The van der Waals surface area contributed by atoms with Crippen LogP contribution in [0.5, 0.6) is 0 Å². The number of rotatable bonds is 6. The summed E-state index contributed by atoms with van der Waals surface area (Å²) in [7, 11) is -9.11. The molecule has 44 heavy (non-hydrogen) atoms. The number of benzene rings is 2. The van der Waals surface area contributed by atoms with Crippen molar-refractivity contribution >= 4 is 31.9 Å². The van der Waals surface area contributed by atoms with Gasteiger partial charge in [0.2, 0.25) is 25.8 Å². The Labute approximate surface area is 255 Å². The summed E-state index contributed by atoms with van der Waals surface area (Å²) in [4.78, 5) is 26.7. The van der Waals surface area contributed by atoms with E-state index in [1.165, 1.54) is 24.3 Å². The van der Waals surface area contributed by atoms with Crippen LogP contribution in [0.15, 0.2) is 63.2 Å². The van der Waals surface area contributed by atoms with Crippen LogP contribution in [0.25, 0.3) is 0 Å². The Kier molecular flexibility index (Phi) is 9.71. The van der Waals surface area contributed by atoms with Crippen molar-refractivity contribution in [2.45, 2.75) is 79.0 Å². The van der Waals surface area contributed by atoms with Crippen molar-refractivity contribution in [2.75, 3.05) is 26.2 Å². The van der Waals surface area contributed by atoms with Gasteiger partial charge in [0.05, 0.1) is 20.2 Å². The smallest absolute Gasteiger partial charge is 0.417 e. The second-order valence-electron chi connectivity index (χ2n) is 11.9. The fourth-order valence-corrected chi connectivity index (χ4v) is 8.20. The summed E-state index contributed by atoms with van der Waals surface area (Å²) in [5.41, 5.74) is -2.12. The molecule has 0 bridgehead atoms. The van der Waals surface area contributed by atoms with Gasteiger partial charge in [0, 0.05) is 38.1 Å². The summed E-state index contributed by atoms with van der Waals surface area (Å²) < 4.78 is 102. The molecule has 10 nitrogen and oxygen atoms in total. The molecule has 1 N–H and O–H groups in total. The van der Waals surface area contributed by atoms with E-state index in [2.05, 4.69) is 4.72 Å². The minimum atomic E-state index is -5.06. The molecule has 15 heteroatoms. The number of hydrogen-bond acceptors (Lipinski definition) is 7. The van der Waals surface area contributed by atoms with Gasteiger partial charge in [0.25, 0.3) is 0 Å². The van der Waals surface area contributed by atoms with Gasteiger partial charge in [-0.2, -0.15) is 13.2 Å². The van der Waals surface area contributed by atoms with E-state index in [0.29, 0.717) is 38.1 Å². The molecule has 0 radical (unpaired) electrons. The van der Waals surface area contributed by atoms with Gasteiger partial charge in [-0.1, -0.05) is 18.2 Å². The predicted molar refractivity (Wildman–Crippen MR) is 154 cm³/mol. The number of carbonyl (C=O) groups is 2. The molecule has 2 aliphatic rings. The number of sulfone groups is 1. The number of carbonyl (C=O) groups excluding carboxylic acids is 2. The van der Waals surface area contributed by atoms with Crippen LogP contribution in [0, 0.1) is 5.92 Å². The van der Waals surface area contributed by atoms with Crippen molar-refractivity contribution in [2.24, 2.45) is 5.92 Å². The summed E-state index contributed by atoms with van der Waals surface area (Å²) in [6.45, 7) is 6.42. The van der Waals surface area contributed by atoms with Crippen LogP contribution in [0.2, 0.25) is 0 Å². The van der Waals surface area contributed by atoms with Crippen molar-refractivity contribution < 1.29 is 44.3 Å². The van der Waals surface area contributed by atoms with Crippen molar-refractivity contribution in [1.82, 2.24) is 14.5 Å². The van der Waals surface area contributed by atoms with Crippen LogP contribution in [0.1, 0.15) is 52.0 Å². The molecule has 2 fully saturated rings. The van der Waals surface area contributed by atoms with Crippen LogP contribution in [0.4, 0.5) is 18.0 Å². The molecule has 2 aromatic rings. The molecule has 2 amide bonds. The van der Waals surface area contributed by atoms with Gasteiger partial charge in [-0.25, -0.2) is 26.4 Å². The number of halogens is 3. The molecule has 2 aliphatic heterocycles. The maximum absolute atomic E-state index is 13.9. The Morgan fingerprint density at radius 3 is 1.93 bits per heavy atom. The van der Waals surface area contributed by atoms with Crippen molar-refractivity contribution in [3.8, 4) is 0 Å². The molecular weight excluding hydrogens is 623 g/mol. The lowest BCUT2D eigenvalue weighted by Gasteiger charge is -2.37. The third-order valence-corrected chi connectivity index (χ3v) is 10.9. The fourth-order valence-electron chi connectivity index (χ4n) is 5.26. The predicted octanol–water partition coefficient (Wildman–Crippen LogP) is 4.45. The van der Waals surface area contributed by atoms with Gasteiger partial charge in [0.15, 0.2) is 0 Å². The maximum Gasteiger partial charge on any atom is 0.417 e. The zero-order valence-electron chi connectivity index (χ0n) is 24.6. The van der Waals surface area contributed by atoms with E-state index in [-0.39, 0.29) is 42.7 Å². The molecule has 4 rings (SSSR count). The van der Waals surface area contributed by atoms with E-state index in [9.17, 15) is 39.6 Å². The van der Waals surface area contributed by atoms with E-state index in [0.717, 1.165) is 6.07 Å². The Morgan fingerprint density at radius 2 is 1.39 bits per heavy atom. The van der Waals surface area contributed by atoms with E-state index in [1.807, 2.05) is 0 Å². The minimum absolute atomic E-state index is 0.117. The summed E-state index contributed by atoms with van der Waals surface area (Å²) >= 11 is 0. The van der Waals surface area contributed by atoms with Crippen LogP contribution in [-0.4, -0.2) is 76.5 Å². The van der Waals surface area contributed by atoms with Gasteiger partial charge < -0.3 is 14.5 Å². The summed E-state index contributed by atoms with van der Waals surface area (Å²) in [6, 6.07) is 7.95. The number of hydrogen-bond donors (Lipinski definition) is 1. The largest absolute Gasteiger partial charge is 0.444 e. The highest BCUT2D eigenvalue weighted by molar-refractivity contribution is 7.91.